The number of nitrogens with zero attached hydrogens (tertiary/aromatic N) is 2. The van der Waals surface area contributed by atoms with Gasteiger partial charge in [0, 0.05) is 19.2 Å². The normalized spacial score (nSPS) is 10.7. The summed E-state index contributed by atoms with van der Waals surface area (Å²) in [6.07, 6.45) is 0. The molecule has 0 atom stereocenters. The molecule has 0 saturated carbocycles. The van der Waals surface area contributed by atoms with Crippen LogP contribution in [0.5, 0.6) is 5.75 Å². The number of likely N-dealkylation sites (N-methyl/N-ethyl adjacent to an activating group) is 1. The minimum absolute atomic E-state index is 0.0935. The lowest BCUT2D eigenvalue weighted by molar-refractivity contribution is -0.127. The molecule has 0 spiro atoms. The number of hydrogen-bond acceptors (Lipinski definition) is 4. The molecule has 0 aliphatic heterocycles. The number of carbonyl (C=O) groups excluding carboxylic acids is 1. The summed E-state index contributed by atoms with van der Waals surface area (Å²) in [6.45, 7) is 11.6. The summed E-state index contributed by atoms with van der Waals surface area (Å²) in [6, 6.07) is 5.75. The standard InChI is InChI=1S/C17H23N3O2S/c1-5-20(10-12(3)4)16(21)11-23-17-18-14-8-7-13(22-6-2)9-15(14)19-17/h7-9H,3,5-6,10-11H2,1-2,4H3,(H,18,19). The Labute approximate surface area is 141 Å². The first kappa shape index (κ1) is 17.4. The molecule has 2 rings (SSSR count). The number of fused-ring (bicyclic) bond motifs is 1. The van der Waals surface area contributed by atoms with Crippen molar-refractivity contribution in [3.05, 3.63) is 30.4 Å². The van der Waals surface area contributed by atoms with Crippen LogP contribution >= 0.6 is 11.8 Å². The molecular formula is C17H23N3O2S. The number of H-pyrrole nitrogens is 1. The SMILES string of the molecule is C=C(C)CN(CC)C(=O)CSc1nc2ccc(OCC)cc2[nH]1. The first-order valence-electron chi connectivity index (χ1n) is 7.71. The number of aromatic amines is 1. The van der Waals surface area contributed by atoms with Gasteiger partial charge in [-0.1, -0.05) is 23.9 Å². The number of nitrogens with one attached hydrogen (secondary N) is 1. The van der Waals surface area contributed by atoms with E-state index in [-0.39, 0.29) is 5.91 Å². The fraction of sp³-hybridized carbons (Fsp3) is 0.412. The molecule has 0 saturated heterocycles. The van der Waals surface area contributed by atoms with E-state index < -0.39 is 0 Å². The Balaban J connectivity index is 2.01. The van der Waals surface area contributed by atoms with E-state index in [0.717, 1.165) is 27.5 Å². The maximum atomic E-state index is 12.2. The third kappa shape index (κ3) is 4.76. The molecule has 0 aliphatic carbocycles. The van der Waals surface area contributed by atoms with Crippen LogP contribution in [0.3, 0.4) is 0 Å². The largest absolute Gasteiger partial charge is 0.494 e. The second-order valence-corrected chi connectivity index (χ2v) is 6.27. The van der Waals surface area contributed by atoms with Crippen LogP contribution in [0.15, 0.2) is 35.5 Å². The summed E-state index contributed by atoms with van der Waals surface area (Å²) < 4.78 is 5.48. The Morgan fingerprint density at radius 2 is 2.22 bits per heavy atom. The minimum atomic E-state index is 0.0935. The number of thioether (sulfide) groups is 1. The molecule has 0 unspecified atom stereocenters. The third-order valence-corrected chi connectivity index (χ3v) is 4.13. The highest BCUT2D eigenvalue weighted by Crippen LogP contribution is 2.23. The van der Waals surface area contributed by atoms with Crippen LogP contribution in [-0.4, -0.2) is 46.2 Å². The highest BCUT2D eigenvalue weighted by molar-refractivity contribution is 7.99. The zero-order valence-electron chi connectivity index (χ0n) is 13.9. The number of ether oxygens (including phenoxy) is 1. The lowest BCUT2D eigenvalue weighted by atomic mass is 10.3. The zero-order chi connectivity index (χ0) is 16.8. The molecule has 124 valence electrons. The van der Waals surface area contributed by atoms with Gasteiger partial charge in [0.05, 0.1) is 23.4 Å². The molecule has 1 amide bonds. The molecule has 1 aromatic heterocycles. The average Bonchev–Trinajstić information content (AvgIpc) is 2.92. The number of amides is 1. The third-order valence-electron chi connectivity index (χ3n) is 3.27. The molecule has 23 heavy (non-hydrogen) atoms. The molecule has 2 aromatic rings. The number of hydrogen-bond donors (Lipinski definition) is 1. The first-order chi connectivity index (χ1) is 11.0. The van der Waals surface area contributed by atoms with Gasteiger partial charge in [0.25, 0.3) is 0 Å². The fourth-order valence-corrected chi connectivity index (χ4v) is 3.00. The van der Waals surface area contributed by atoms with Gasteiger partial charge < -0.3 is 14.6 Å². The summed E-state index contributed by atoms with van der Waals surface area (Å²) in [7, 11) is 0. The second kappa shape index (κ2) is 8.06. The van der Waals surface area contributed by atoms with Crippen LogP contribution in [0.1, 0.15) is 20.8 Å². The van der Waals surface area contributed by atoms with Crippen molar-refractivity contribution in [3.63, 3.8) is 0 Å². The number of benzene rings is 1. The number of rotatable bonds is 8. The highest BCUT2D eigenvalue weighted by atomic mass is 32.2. The van der Waals surface area contributed by atoms with E-state index in [9.17, 15) is 4.79 Å². The van der Waals surface area contributed by atoms with Crippen molar-refractivity contribution in [2.24, 2.45) is 0 Å². The molecular weight excluding hydrogens is 310 g/mol. The Morgan fingerprint density at radius 1 is 1.43 bits per heavy atom. The van der Waals surface area contributed by atoms with Crippen LogP contribution in [0.4, 0.5) is 0 Å². The van der Waals surface area contributed by atoms with Crippen molar-refractivity contribution in [2.45, 2.75) is 25.9 Å². The van der Waals surface area contributed by atoms with E-state index in [1.807, 2.05) is 39.0 Å². The maximum absolute atomic E-state index is 12.2. The van der Waals surface area contributed by atoms with Crippen molar-refractivity contribution in [2.75, 3.05) is 25.4 Å². The molecule has 0 bridgehead atoms. The summed E-state index contributed by atoms with van der Waals surface area (Å²) in [5, 5.41) is 0.744. The Kier molecular flexibility index (Phi) is 6.10. The summed E-state index contributed by atoms with van der Waals surface area (Å²) in [5.41, 5.74) is 2.77. The predicted molar refractivity (Wildman–Crippen MR) is 95.1 cm³/mol. The highest BCUT2D eigenvalue weighted by Gasteiger charge is 2.13. The van der Waals surface area contributed by atoms with Crippen LogP contribution in [0, 0.1) is 0 Å². The van der Waals surface area contributed by atoms with Gasteiger partial charge in [0.15, 0.2) is 5.16 Å². The lowest BCUT2D eigenvalue weighted by Gasteiger charge is -2.20. The molecule has 1 heterocycles. The van der Waals surface area contributed by atoms with Gasteiger partial charge in [0.1, 0.15) is 5.75 Å². The molecule has 5 nitrogen and oxygen atoms in total. The van der Waals surface area contributed by atoms with E-state index >= 15 is 0 Å². The minimum Gasteiger partial charge on any atom is -0.494 e. The van der Waals surface area contributed by atoms with E-state index in [0.29, 0.717) is 25.4 Å². The van der Waals surface area contributed by atoms with E-state index in [4.69, 9.17) is 4.74 Å². The van der Waals surface area contributed by atoms with Crippen LogP contribution in [0.25, 0.3) is 11.0 Å². The number of aromatic nitrogens is 2. The average molecular weight is 333 g/mol. The van der Waals surface area contributed by atoms with Crippen molar-refractivity contribution in [1.82, 2.24) is 14.9 Å². The van der Waals surface area contributed by atoms with Gasteiger partial charge in [-0.2, -0.15) is 0 Å². The summed E-state index contributed by atoms with van der Waals surface area (Å²) >= 11 is 1.42. The van der Waals surface area contributed by atoms with Crippen LogP contribution < -0.4 is 4.74 Å². The van der Waals surface area contributed by atoms with Gasteiger partial charge >= 0.3 is 0 Å². The molecule has 0 aliphatic rings. The Hall–Kier alpha value is -1.95. The Morgan fingerprint density at radius 3 is 2.87 bits per heavy atom. The molecule has 6 heteroatoms. The van der Waals surface area contributed by atoms with Gasteiger partial charge in [-0.15, -0.1) is 0 Å². The maximum Gasteiger partial charge on any atom is 0.233 e. The van der Waals surface area contributed by atoms with E-state index in [1.165, 1.54) is 11.8 Å². The summed E-state index contributed by atoms with van der Waals surface area (Å²) in [5.74, 6) is 1.27. The fourth-order valence-electron chi connectivity index (χ4n) is 2.21. The smallest absolute Gasteiger partial charge is 0.233 e. The van der Waals surface area contributed by atoms with E-state index in [1.54, 1.807) is 4.90 Å². The summed E-state index contributed by atoms with van der Waals surface area (Å²) in [4.78, 5) is 21.8. The second-order valence-electron chi connectivity index (χ2n) is 5.31. The van der Waals surface area contributed by atoms with Gasteiger partial charge in [0.2, 0.25) is 5.91 Å². The van der Waals surface area contributed by atoms with Crippen molar-refractivity contribution < 1.29 is 9.53 Å². The zero-order valence-corrected chi connectivity index (χ0v) is 14.7. The van der Waals surface area contributed by atoms with E-state index in [2.05, 4.69) is 16.5 Å². The van der Waals surface area contributed by atoms with Crippen molar-refractivity contribution >= 4 is 28.7 Å². The van der Waals surface area contributed by atoms with Crippen LogP contribution in [-0.2, 0) is 4.79 Å². The predicted octanol–water partition coefficient (Wildman–Crippen LogP) is 3.48. The Bertz CT molecular complexity index is 696. The number of carbonyl (C=O) groups is 1. The lowest BCUT2D eigenvalue weighted by Crippen LogP contribution is -2.33. The van der Waals surface area contributed by atoms with Gasteiger partial charge in [-0.05, 0) is 32.9 Å². The molecule has 1 aromatic carbocycles. The monoisotopic (exact) mass is 333 g/mol. The number of imidazole rings is 1. The first-order valence-corrected chi connectivity index (χ1v) is 8.69. The molecule has 0 fully saturated rings. The van der Waals surface area contributed by atoms with Gasteiger partial charge in [-0.3, -0.25) is 4.79 Å². The van der Waals surface area contributed by atoms with Crippen molar-refractivity contribution in [3.8, 4) is 5.75 Å². The molecule has 1 N–H and O–H groups in total. The van der Waals surface area contributed by atoms with Crippen LogP contribution in [0.2, 0.25) is 0 Å². The topological polar surface area (TPSA) is 58.2 Å². The van der Waals surface area contributed by atoms with Gasteiger partial charge in [-0.25, -0.2) is 4.98 Å². The quantitative estimate of drug-likeness (QED) is 0.593. The molecule has 0 radical (unpaired) electrons. The van der Waals surface area contributed by atoms with Crippen molar-refractivity contribution in [1.29, 1.82) is 0 Å².